The van der Waals surface area contributed by atoms with E-state index >= 15 is 0 Å². The van der Waals surface area contributed by atoms with Crippen LogP contribution >= 0.6 is 15.9 Å². The summed E-state index contributed by atoms with van der Waals surface area (Å²) in [5, 5.41) is 15.0. The Morgan fingerprint density at radius 1 is 0.971 bits per heavy atom. The Kier molecular flexibility index (Phi) is 8.01. The molecule has 4 aromatic rings. The molecule has 2 saturated carbocycles. The van der Waals surface area contributed by atoms with E-state index in [1.165, 1.54) is 4.52 Å². The molecule has 2 fully saturated rings. The number of rotatable bonds is 2. The van der Waals surface area contributed by atoms with E-state index in [0.29, 0.717) is 27.9 Å². The van der Waals surface area contributed by atoms with E-state index in [1.807, 2.05) is 82.1 Å². The smallest absolute Gasteiger partial charge is 0.427 e. The van der Waals surface area contributed by atoms with Crippen molar-refractivity contribution in [3.63, 3.8) is 0 Å². The first-order chi connectivity index (χ1) is 16.6. The quantitative estimate of drug-likeness (QED) is 0.342. The van der Waals surface area contributed by atoms with E-state index in [0.717, 1.165) is 16.0 Å². The zero-order chi connectivity index (χ0) is 23.7. The molecule has 0 amide bonds. The predicted molar refractivity (Wildman–Crippen MR) is 135 cm³/mol. The van der Waals surface area contributed by atoms with Gasteiger partial charge in [0.2, 0.25) is 0 Å². The molecule has 0 aliphatic heterocycles. The molecule has 170 valence electrons. The zero-order valence-corrected chi connectivity index (χ0v) is 20.8. The number of nitriles is 1. The van der Waals surface area contributed by atoms with Gasteiger partial charge in [-0.25, -0.2) is 9.31 Å². The minimum absolute atomic E-state index is 0. The number of nitrogens with two attached hydrogens (primary N) is 1. The second-order valence-corrected chi connectivity index (χ2v) is 8.44. The number of halogens is 1. The molecule has 2 aliphatic rings. The molecular formula is C27H17BrFeN4O2+2. The number of fused-ring (bicyclic) bond motifs is 2. The van der Waals surface area contributed by atoms with Gasteiger partial charge >= 0.3 is 22.7 Å². The van der Waals surface area contributed by atoms with Crippen molar-refractivity contribution in [3.8, 4) is 17.3 Å². The summed E-state index contributed by atoms with van der Waals surface area (Å²) in [6.07, 6.45) is 17.4. The molecule has 10 radical (unpaired) electrons. The van der Waals surface area contributed by atoms with Gasteiger partial charge in [0.1, 0.15) is 23.0 Å². The number of anilines is 1. The van der Waals surface area contributed by atoms with E-state index in [9.17, 15) is 10.1 Å². The molecule has 8 heteroatoms. The average molecular weight is 565 g/mol. The predicted octanol–water partition coefficient (Wildman–Crippen LogP) is 5.10. The first-order valence-corrected chi connectivity index (χ1v) is 11.2. The molecule has 0 spiro atoms. The fraction of sp³-hybridized carbons (Fsp3) is 0. The van der Waals surface area contributed by atoms with Crippen molar-refractivity contribution < 1.29 is 21.5 Å². The van der Waals surface area contributed by atoms with Gasteiger partial charge in [0.25, 0.3) is 0 Å². The van der Waals surface area contributed by atoms with Gasteiger partial charge in [-0.3, -0.25) is 0 Å². The topological polar surface area (TPSA) is 97.3 Å². The Bertz CT molecular complexity index is 1440. The van der Waals surface area contributed by atoms with Crippen LogP contribution in [0.5, 0.6) is 0 Å². The van der Waals surface area contributed by atoms with Crippen molar-refractivity contribution in [1.82, 2.24) is 9.61 Å². The van der Waals surface area contributed by atoms with Crippen molar-refractivity contribution >= 4 is 38.0 Å². The van der Waals surface area contributed by atoms with Gasteiger partial charge < -0.3 is 10.2 Å². The zero-order valence-electron chi connectivity index (χ0n) is 18.1. The summed E-state index contributed by atoms with van der Waals surface area (Å²) in [7, 11) is 0. The van der Waals surface area contributed by atoms with Crippen molar-refractivity contribution in [1.29, 1.82) is 5.26 Å². The number of aromatic nitrogens is 2. The van der Waals surface area contributed by atoms with Gasteiger partial charge in [0.05, 0.1) is 16.8 Å². The second kappa shape index (κ2) is 11.0. The first kappa shape index (κ1) is 25.5. The molecule has 2 N–H and O–H groups in total. The van der Waals surface area contributed by atoms with Gasteiger partial charge in [-0.1, -0.05) is 28.1 Å². The number of hydrogen-bond acceptors (Lipinski definition) is 5. The van der Waals surface area contributed by atoms with Gasteiger partial charge in [0.15, 0.2) is 0 Å². The first-order valence-electron chi connectivity index (χ1n) is 10.4. The standard InChI is InChI=1S/C22H12BrN4O2.C5H5.Fe/c23-14-7-5-12(6-8-14)17-10-18-16(11-24)15-9-19(13-3-1-2-4-13)29-22(28)20(15)21(25)27(18)26-17;1-2-4-5-3-1;/h1-10H,25H2;1-5H;/q;;+2. The molecule has 0 atom stereocenters. The third-order valence-electron chi connectivity index (χ3n) is 5.43. The van der Waals surface area contributed by atoms with Crippen LogP contribution in [-0.4, -0.2) is 9.61 Å². The van der Waals surface area contributed by atoms with Crippen LogP contribution in [0.4, 0.5) is 5.82 Å². The summed E-state index contributed by atoms with van der Waals surface area (Å²) >= 11 is 3.41. The summed E-state index contributed by atoms with van der Waals surface area (Å²) in [6, 6.07) is 13.3. The van der Waals surface area contributed by atoms with Crippen LogP contribution in [0.2, 0.25) is 0 Å². The van der Waals surface area contributed by atoms with Crippen LogP contribution in [0.25, 0.3) is 27.5 Å². The van der Waals surface area contributed by atoms with E-state index in [-0.39, 0.29) is 28.3 Å². The molecule has 0 bridgehead atoms. The molecule has 0 saturated heterocycles. The molecule has 3 heterocycles. The maximum atomic E-state index is 12.7. The number of hydrogen-bond donors (Lipinski definition) is 1. The molecular weight excluding hydrogens is 548 g/mol. The van der Waals surface area contributed by atoms with Gasteiger partial charge in [-0.2, -0.15) is 10.4 Å². The Balaban J connectivity index is 0.000000431. The summed E-state index contributed by atoms with van der Waals surface area (Å²) in [4.78, 5) is 12.7. The summed E-state index contributed by atoms with van der Waals surface area (Å²) in [5.74, 6) is 1.29. The third kappa shape index (κ3) is 5.04. The second-order valence-electron chi connectivity index (χ2n) is 7.53. The molecule has 0 unspecified atom stereocenters. The van der Waals surface area contributed by atoms with Gasteiger partial charge in [-0.15, -0.1) is 0 Å². The Morgan fingerprint density at radius 3 is 2.20 bits per heavy atom. The minimum Gasteiger partial charge on any atom is -0.427 e. The fourth-order valence-electron chi connectivity index (χ4n) is 3.80. The van der Waals surface area contributed by atoms with Crippen molar-refractivity contribution in [2.45, 2.75) is 0 Å². The SMILES string of the molecule is N#Cc1c2cc([C]3[CH][CH][CH][CH]3)oc(=O)c2c(N)n2nc(-c3ccc(Br)cc3)cc12.[CH]1[CH][CH][CH][CH]1.[Fe+2]. The molecule has 1 aromatic carbocycles. The van der Waals surface area contributed by atoms with Crippen LogP contribution < -0.4 is 11.4 Å². The molecule has 6 rings (SSSR count). The minimum atomic E-state index is -0.602. The number of nitrogen functional groups attached to an aromatic ring is 1. The van der Waals surface area contributed by atoms with E-state index < -0.39 is 5.63 Å². The Hall–Kier alpha value is -2.59. The summed E-state index contributed by atoms with van der Waals surface area (Å²) < 4.78 is 7.86. The van der Waals surface area contributed by atoms with Crippen LogP contribution in [0.15, 0.2) is 50.1 Å². The Morgan fingerprint density at radius 2 is 1.60 bits per heavy atom. The van der Waals surface area contributed by atoms with Crippen LogP contribution in [-0.2, 0) is 17.1 Å². The fourth-order valence-corrected chi connectivity index (χ4v) is 4.06. The number of pyridine rings is 1. The average Bonchev–Trinajstić information content (AvgIpc) is 3.63. The van der Waals surface area contributed by atoms with Crippen LogP contribution in [0, 0.1) is 75.0 Å². The van der Waals surface area contributed by atoms with Gasteiger partial charge in [-0.05, 0) is 82.1 Å². The number of benzene rings is 1. The summed E-state index contributed by atoms with van der Waals surface area (Å²) in [5.41, 5.74) is 8.07. The maximum absolute atomic E-state index is 12.7. The maximum Gasteiger partial charge on any atom is 2.00 e. The van der Waals surface area contributed by atoms with Crippen LogP contribution in [0.1, 0.15) is 11.3 Å². The third-order valence-corrected chi connectivity index (χ3v) is 5.95. The van der Waals surface area contributed by atoms with Crippen molar-refractivity contribution in [2.24, 2.45) is 0 Å². The summed E-state index contributed by atoms with van der Waals surface area (Å²) in [6.45, 7) is 0. The number of nitrogens with zero attached hydrogens (tertiary/aromatic N) is 3. The molecule has 35 heavy (non-hydrogen) atoms. The largest absolute Gasteiger partial charge is 2.00 e. The van der Waals surface area contributed by atoms with Crippen molar-refractivity contribution in [3.05, 3.63) is 126 Å². The van der Waals surface area contributed by atoms with E-state index in [2.05, 4.69) is 27.1 Å². The molecule has 3 aromatic heterocycles. The Labute approximate surface area is 223 Å². The molecule has 2 aliphatic carbocycles. The van der Waals surface area contributed by atoms with E-state index in [1.54, 1.807) is 12.1 Å². The van der Waals surface area contributed by atoms with Crippen molar-refractivity contribution in [2.75, 3.05) is 5.73 Å². The normalized spacial score (nSPS) is 15.5. The van der Waals surface area contributed by atoms with Crippen LogP contribution in [0.3, 0.4) is 0 Å². The van der Waals surface area contributed by atoms with Gasteiger partial charge in [0, 0.05) is 21.3 Å². The molecule has 6 nitrogen and oxygen atoms in total. The monoisotopic (exact) mass is 564 g/mol. The van der Waals surface area contributed by atoms with E-state index in [4.69, 9.17) is 10.2 Å².